The third kappa shape index (κ3) is 5.43. The van der Waals surface area contributed by atoms with Gasteiger partial charge >= 0.3 is 5.97 Å². The van der Waals surface area contributed by atoms with Crippen molar-refractivity contribution >= 4 is 31.7 Å². The number of rotatable bonds is 6. The number of morpholine rings is 1. The summed E-state index contributed by atoms with van der Waals surface area (Å²) in [4.78, 5) is 26.0. The lowest BCUT2D eigenvalue weighted by molar-refractivity contribution is -0.134. The molecule has 31 heavy (non-hydrogen) atoms. The number of sulfone groups is 1. The van der Waals surface area contributed by atoms with Crippen molar-refractivity contribution in [3.8, 4) is 0 Å². The van der Waals surface area contributed by atoms with E-state index in [1.807, 2.05) is 0 Å². The maximum Gasteiger partial charge on any atom is 0.338 e. The van der Waals surface area contributed by atoms with Gasteiger partial charge in [0.2, 0.25) is 10.0 Å². The summed E-state index contributed by atoms with van der Waals surface area (Å²) in [6.45, 7) is 2.14. The Morgan fingerprint density at radius 1 is 1.26 bits per heavy atom. The highest BCUT2D eigenvalue weighted by molar-refractivity contribution is 7.91. The predicted octanol–water partition coefficient (Wildman–Crippen LogP) is -0.182. The van der Waals surface area contributed by atoms with Crippen LogP contribution in [0.1, 0.15) is 22.3 Å². The molecule has 0 unspecified atom stereocenters. The minimum Gasteiger partial charge on any atom is -0.452 e. The van der Waals surface area contributed by atoms with Crippen molar-refractivity contribution in [1.82, 2.24) is 9.21 Å². The molecule has 2 aliphatic heterocycles. The lowest BCUT2D eigenvalue weighted by atomic mass is 10.1. The van der Waals surface area contributed by atoms with Crippen molar-refractivity contribution in [1.29, 1.82) is 0 Å². The summed E-state index contributed by atoms with van der Waals surface area (Å²) in [5, 5.41) is 0. The number of benzene rings is 1. The van der Waals surface area contributed by atoms with Gasteiger partial charge in [-0.2, -0.15) is 4.31 Å². The number of sulfonamides is 1. The zero-order valence-electron chi connectivity index (χ0n) is 17.4. The average molecular weight is 475 g/mol. The fourth-order valence-corrected chi connectivity index (χ4v) is 6.96. The van der Waals surface area contributed by atoms with Crippen molar-refractivity contribution in [2.24, 2.45) is 0 Å². The molecule has 2 aliphatic rings. The molecule has 10 nitrogen and oxygen atoms in total. The van der Waals surface area contributed by atoms with Crippen LogP contribution in [0, 0.1) is 6.92 Å². The Bertz CT molecular complexity index is 1060. The molecule has 0 N–H and O–H groups in total. The molecule has 0 aliphatic carbocycles. The first-order chi connectivity index (χ1) is 14.5. The summed E-state index contributed by atoms with van der Waals surface area (Å²) in [6, 6.07) is 3.76. The van der Waals surface area contributed by atoms with Gasteiger partial charge in [-0.3, -0.25) is 4.79 Å². The van der Waals surface area contributed by atoms with Crippen LogP contribution in [0.3, 0.4) is 0 Å². The Labute approximate surface area is 182 Å². The van der Waals surface area contributed by atoms with Crippen molar-refractivity contribution in [3.63, 3.8) is 0 Å². The molecule has 2 saturated heterocycles. The first kappa shape index (κ1) is 23.6. The molecule has 0 bridgehead atoms. The monoisotopic (exact) mass is 474 g/mol. The maximum atomic E-state index is 12.9. The molecule has 12 heteroatoms. The van der Waals surface area contributed by atoms with Gasteiger partial charge in [-0.25, -0.2) is 21.6 Å². The second kappa shape index (κ2) is 9.23. The quantitative estimate of drug-likeness (QED) is 0.520. The standard InChI is InChI=1S/C19H26N2O8S2/c1-14-3-4-15(11-17(14)31(26,27)21-6-8-28-9-7-21)19(23)29-12-18(22)20(2)16-5-10-30(24,25)13-16/h3-4,11,16H,5-10,12-13H2,1-2H3/t16-/m1/s1. The molecule has 3 rings (SSSR count). The van der Waals surface area contributed by atoms with Crippen LogP contribution in [0.5, 0.6) is 0 Å². The van der Waals surface area contributed by atoms with Crippen LogP contribution in [0.15, 0.2) is 23.1 Å². The van der Waals surface area contributed by atoms with Crippen LogP contribution >= 0.6 is 0 Å². The molecule has 0 aromatic heterocycles. The summed E-state index contributed by atoms with van der Waals surface area (Å²) in [7, 11) is -5.48. The van der Waals surface area contributed by atoms with Gasteiger partial charge in [-0.15, -0.1) is 0 Å². The average Bonchev–Trinajstić information content (AvgIpc) is 3.11. The third-order valence-electron chi connectivity index (χ3n) is 5.49. The van der Waals surface area contributed by atoms with E-state index in [2.05, 4.69) is 0 Å². The summed E-state index contributed by atoms with van der Waals surface area (Å²) in [6.07, 6.45) is 0.346. The molecule has 172 valence electrons. The van der Waals surface area contributed by atoms with E-state index in [9.17, 15) is 26.4 Å². The van der Waals surface area contributed by atoms with E-state index >= 15 is 0 Å². The van der Waals surface area contributed by atoms with E-state index in [0.29, 0.717) is 25.2 Å². The van der Waals surface area contributed by atoms with Gasteiger partial charge in [0.15, 0.2) is 16.4 Å². The Kier molecular flexibility index (Phi) is 7.04. The van der Waals surface area contributed by atoms with Crippen molar-refractivity contribution in [2.75, 3.05) is 51.5 Å². The van der Waals surface area contributed by atoms with Gasteiger partial charge in [-0.1, -0.05) is 6.07 Å². The molecule has 0 saturated carbocycles. The van der Waals surface area contributed by atoms with Gasteiger partial charge in [0.25, 0.3) is 5.91 Å². The van der Waals surface area contributed by atoms with E-state index in [1.165, 1.54) is 34.5 Å². The zero-order valence-corrected chi connectivity index (χ0v) is 19.1. The molecule has 1 aromatic carbocycles. The number of hydrogen-bond acceptors (Lipinski definition) is 8. The Morgan fingerprint density at radius 2 is 1.94 bits per heavy atom. The van der Waals surface area contributed by atoms with E-state index in [-0.39, 0.29) is 35.1 Å². The number of amides is 1. The van der Waals surface area contributed by atoms with E-state index in [1.54, 1.807) is 6.92 Å². The van der Waals surface area contributed by atoms with Gasteiger partial charge in [-0.05, 0) is 31.0 Å². The van der Waals surface area contributed by atoms with Gasteiger partial charge in [0.05, 0.1) is 35.2 Å². The number of carbonyl (C=O) groups excluding carboxylic acids is 2. The summed E-state index contributed by atoms with van der Waals surface area (Å²) < 4.78 is 60.6. The van der Waals surface area contributed by atoms with Crippen molar-refractivity contribution in [3.05, 3.63) is 29.3 Å². The maximum absolute atomic E-state index is 12.9. The van der Waals surface area contributed by atoms with Crippen LogP contribution in [-0.2, 0) is 34.1 Å². The second-order valence-electron chi connectivity index (χ2n) is 7.63. The highest BCUT2D eigenvalue weighted by Crippen LogP contribution is 2.23. The number of ether oxygens (including phenoxy) is 2. The van der Waals surface area contributed by atoms with Gasteiger partial charge < -0.3 is 14.4 Å². The molecule has 1 atom stereocenters. The number of hydrogen-bond donors (Lipinski definition) is 0. The largest absolute Gasteiger partial charge is 0.452 e. The molecule has 1 aromatic rings. The van der Waals surface area contributed by atoms with E-state index in [4.69, 9.17) is 9.47 Å². The molecule has 1 amide bonds. The topological polar surface area (TPSA) is 127 Å². The second-order valence-corrected chi connectivity index (χ2v) is 11.8. The van der Waals surface area contributed by atoms with E-state index in [0.717, 1.165) is 0 Å². The Balaban J connectivity index is 1.67. The highest BCUT2D eigenvalue weighted by atomic mass is 32.2. The number of aryl methyl sites for hydroxylation is 1. The number of carbonyl (C=O) groups is 2. The number of likely N-dealkylation sites (N-methyl/N-ethyl adjacent to an activating group) is 1. The van der Waals surface area contributed by atoms with Crippen LogP contribution < -0.4 is 0 Å². The fraction of sp³-hybridized carbons (Fsp3) is 0.579. The minimum atomic E-state index is -3.80. The molecule has 0 spiro atoms. The molecule has 2 fully saturated rings. The third-order valence-corrected chi connectivity index (χ3v) is 9.28. The molecule has 2 heterocycles. The fourth-order valence-electron chi connectivity index (χ4n) is 3.53. The minimum absolute atomic E-state index is 0.00320. The SMILES string of the molecule is Cc1ccc(C(=O)OCC(=O)N(C)[C@@H]2CCS(=O)(=O)C2)cc1S(=O)(=O)N1CCOCC1. The van der Waals surface area contributed by atoms with Crippen LogP contribution in [0.4, 0.5) is 0 Å². The number of nitrogens with zero attached hydrogens (tertiary/aromatic N) is 2. The summed E-state index contributed by atoms with van der Waals surface area (Å²) in [5.41, 5.74) is 0.498. The first-order valence-corrected chi connectivity index (χ1v) is 13.1. The van der Waals surface area contributed by atoms with E-state index < -0.39 is 44.4 Å². The van der Waals surface area contributed by atoms with Crippen molar-refractivity contribution in [2.45, 2.75) is 24.3 Å². The number of esters is 1. The highest BCUT2D eigenvalue weighted by Gasteiger charge is 2.33. The van der Waals surface area contributed by atoms with Crippen LogP contribution in [-0.4, -0.2) is 95.4 Å². The molecule has 0 radical (unpaired) electrons. The summed E-state index contributed by atoms with van der Waals surface area (Å²) in [5.74, 6) is -1.44. The summed E-state index contributed by atoms with van der Waals surface area (Å²) >= 11 is 0. The van der Waals surface area contributed by atoms with Gasteiger partial charge in [0, 0.05) is 26.2 Å². The lowest BCUT2D eigenvalue weighted by Gasteiger charge is -2.26. The Morgan fingerprint density at radius 3 is 2.55 bits per heavy atom. The first-order valence-electron chi connectivity index (χ1n) is 9.83. The predicted molar refractivity (Wildman–Crippen MR) is 111 cm³/mol. The Hall–Kier alpha value is -2.02. The zero-order chi connectivity index (χ0) is 22.8. The van der Waals surface area contributed by atoms with Crippen LogP contribution in [0.2, 0.25) is 0 Å². The molecular formula is C19H26N2O8S2. The smallest absolute Gasteiger partial charge is 0.338 e. The van der Waals surface area contributed by atoms with Gasteiger partial charge in [0.1, 0.15) is 0 Å². The lowest BCUT2D eigenvalue weighted by Crippen LogP contribution is -2.41. The van der Waals surface area contributed by atoms with Crippen molar-refractivity contribution < 1.29 is 35.9 Å². The van der Waals surface area contributed by atoms with Crippen LogP contribution in [0.25, 0.3) is 0 Å². The normalized spacial score (nSPS) is 21.5. The molecular weight excluding hydrogens is 448 g/mol.